The zero-order chi connectivity index (χ0) is 24.6. The number of aromatic nitrogens is 2. The highest BCUT2D eigenvalue weighted by Crippen LogP contribution is 2.40. The third kappa shape index (κ3) is 4.30. The summed E-state index contributed by atoms with van der Waals surface area (Å²) in [5.74, 6) is 0.829. The summed E-state index contributed by atoms with van der Waals surface area (Å²) in [7, 11) is 3.00. The number of benzene rings is 1. The van der Waals surface area contributed by atoms with Crippen LogP contribution in [0.3, 0.4) is 0 Å². The number of ether oxygens (including phenoxy) is 3. The summed E-state index contributed by atoms with van der Waals surface area (Å²) in [5.41, 5.74) is 2.52. The molecule has 1 amide bonds. The first-order valence-corrected chi connectivity index (χ1v) is 14.4. The van der Waals surface area contributed by atoms with Crippen molar-refractivity contribution in [2.45, 2.75) is 32.5 Å². The van der Waals surface area contributed by atoms with Crippen LogP contribution < -0.4 is 30.0 Å². The molecule has 0 saturated carbocycles. The molecule has 0 fully saturated rings. The van der Waals surface area contributed by atoms with Crippen molar-refractivity contribution >= 4 is 42.4 Å². The van der Waals surface area contributed by atoms with Gasteiger partial charge in [0.2, 0.25) is 17.7 Å². The molecule has 1 aliphatic rings. The van der Waals surface area contributed by atoms with E-state index in [1.807, 2.05) is 6.07 Å². The van der Waals surface area contributed by atoms with Gasteiger partial charge in [-0.15, -0.1) is 0 Å². The maximum atomic E-state index is 12.9. The van der Waals surface area contributed by atoms with Crippen LogP contribution in [0.5, 0.6) is 23.5 Å². The van der Waals surface area contributed by atoms with E-state index in [2.05, 4.69) is 40.6 Å². The summed E-state index contributed by atoms with van der Waals surface area (Å²) in [6.07, 6.45) is 0.918. The molecule has 2 aromatic heterocycles. The van der Waals surface area contributed by atoms with Crippen molar-refractivity contribution in [3.05, 3.63) is 40.1 Å². The van der Waals surface area contributed by atoms with E-state index in [0.29, 0.717) is 10.8 Å². The van der Waals surface area contributed by atoms with Crippen molar-refractivity contribution in [1.82, 2.24) is 9.97 Å². The van der Waals surface area contributed by atoms with Crippen molar-refractivity contribution < 1.29 is 23.4 Å². The second-order valence-electron chi connectivity index (χ2n) is 8.61. The van der Waals surface area contributed by atoms with E-state index in [1.165, 1.54) is 31.0 Å². The van der Waals surface area contributed by atoms with E-state index in [4.69, 9.17) is 30.2 Å². The van der Waals surface area contributed by atoms with E-state index < -0.39 is 14.0 Å². The highest BCUT2D eigenvalue weighted by molar-refractivity contribution is 6.91. The minimum absolute atomic E-state index is 0.0337. The van der Waals surface area contributed by atoms with Gasteiger partial charge in [0.1, 0.15) is 0 Å². The van der Waals surface area contributed by atoms with Gasteiger partial charge in [-0.2, -0.15) is 9.97 Å². The molecule has 0 saturated heterocycles. The van der Waals surface area contributed by atoms with Gasteiger partial charge in [0.25, 0.3) is 11.9 Å². The molecule has 2 N–H and O–H groups in total. The fourth-order valence-corrected chi connectivity index (χ4v) is 8.02. The van der Waals surface area contributed by atoms with Gasteiger partial charge in [-0.1, -0.05) is 29.9 Å². The minimum atomic E-state index is -1.53. The number of nitrogens with one attached hydrogen (secondary N) is 2. The van der Waals surface area contributed by atoms with Gasteiger partial charge in [0, 0.05) is 13.1 Å². The van der Waals surface area contributed by atoms with E-state index in [0.717, 1.165) is 18.0 Å². The smallest absolute Gasteiger partial charge is 0.291 e. The third-order valence-corrected chi connectivity index (χ3v) is 9.74. The molecule has 9 nitrogen and oxygen atoms in total. The molecule has 3 heterocycles. The Kier molecular flexibility index (Phi) is 6.46. The fraction of sp³-hybridized carbons (Fsp3) is 0.348. The maximum absolute atomic E-state index is 12.9. The van der Waals surface area contributed by atoms with Crippen LogP contribution in [0.4, 0.5) is 11.6 Å². The van der Waals surface area contributed by atoms with Crippen LogP contribution in [0.1, 0.15) is 21.7 Å². The standard InChI is InChI=1S/C23H27ClN4O5Si/c1-12-11-14(24)18(13-9-10-34(5,6)19(12)13)33-16-8-7-15(32-16)20(29)26-17-21(30-3)27-23(25-2)28-22(17)31-4/h7-8,11H,9-10H2,1-6H3,(H,26,29)(H,25,27,28). The Labute approximate surface area is 203 Å². The summed E-state index contributed by atoms with van der Waals surface area (Å²) < 4.78 is 22.3. The number of fused-ring (bicyclic) bond motifs is 1. The Morgan fingerprint density at radius 1 is 1.18 bits per heavy atom. The zero-order valence-electron chi connectivity index (χ0n) is 20.0. The van der Waals surface area contributed by atoms with E-state index in [1.54, 1.807) is 13.1 Å². The maximum Gasteiger partial charge on any atom is 0.291 e. The fourth-order valence-electron chi connectivity index (χ4n) is 4.38. The lowest BCUT2D eigenvalue weighted by Gasteiger charge is -2.20. The number of hydrogen-bond donors (Lipinski definition) is 2. The molecule has 180 valence electrons. The summed E-state index contributed by atoms with van der Waals surface area (Å²) in [5, 5.41) is 7.41. The van der Waals surface area contributed by atoms with E-state index in [-0.39, 0.29) is 35.1 Å². The van der Waals surface area contributed by atoms with Crippen molar-refractivity contribution in [2.24, 2.45) is 0 Å². The lowest BCUT2D eigenvalue weighted by molar-refractivity contribution is 0.0990. The number of aryl methyl sites for hydroxylation is 1. The predicted molar refractivity (Wildman–Crippen MR) is 133 cm³/mol. The van der Waals surface area contributed by atoms with E-state index >= 15 is 0 Å². The Hall–Kier alpha value is -3.24. The number of methoxy groups -OCH3 is 2. The molecule has 0 aliphatic carbocycles. The number of rotatable bonds is 7. The van der Waals surface area contributed by atoms with Crippen LogP contribution in [-0.4, -0.2) is 45.2 Å². The molecule has 11 heteroatoms. The van der Waals surface area contributed by atoms with E-state index in [9.17, 15) is 4.79 Å². The van der Waals surface area contributed by atoms with Crippen molar-refractivity contribution in [3.8, 4) is 23.5 Å². The second-order valence-corrected chi connectivity index (χ2v) is 13.8. The monoisotopic (exact) mass is 502 g/mol. The Balaban J connectivity index is 1.59. The number of carbonyl (C=O) groups is 1. The zero-order valence-corrected chi connectivity index (χ0v) is 21.7. The van der Waals surface area contributed by atoms with Crippen LogP contribution in [0.15, 0.2) is 22.6 Å². The Morgan fingerprint density at radius 3 is 2.47 bits per heavy atom. The molecule has 0 atom stereocenters. The summed E-state index contributed by atoms with van der Waals surface area (Å²) in [6, 6.07) is 6.20. The molecule has 1 aliphatic heterocycles. The highest BCUT2D eigenvalue weighted by atomic mass is 35.5. The van der Waals surface area contributed by atoms with Gasteiger partial charge in [-0.25, -0.2) is 0 Å². The number of halogens is 1. The van der Waals surface area contributed by atoms with Gasteiger partial charge in [0.15, 0.2) is 17.2 Å². The normalized spacial score (nSPS) is 13.9. The molecule has 3 aromatic rings. The molecule has 0 bridgehead atoms. The highest BCUT2D eigenvalue weighted by Gasteiger charge is 2.36. The molecule has 1 aromatic carbocycles. The number of furan rings is 1. The number of nitrogens with zero attached hydrogens (tertiary/aromatic N) is 2. The average Bonchev–Trinajstić information content (AvgIpc) is 3.40. The SMILES string of the molecule is CNc1nc(OC)c(NC(=O)c2ccc(Oc3c(Cl)cc(C)c4c3CC[Si]4(C)C)o2)c(OC)n1. The average molecular weight is 503 g/mol. The molecule has 4 rings (SSSR count). The minimum Gasteiger partial charge on any atom is -0.479 e. The third-order valence-electron chi connectivity index (χ3n) is 5.91. The number of amides is 1. The van der Waals surface area contributed by atoms with Crippen molar-refractivity contribution in [1.29, 1.82) is 0 Å². The van der Waals surface area contributed by atoms with Crippen LogP contribution >= 0.6 is 11.6 Å². The van der Waals surface area contributed by atoms with Gasteiger partial charge in [-0.3, -0.25) is 4.79 Å². The van der Waals surface area contributed by atoms with Gasteiger partial charge in [-0.05, 0) is 42.6 Å². The Bertz CT molecular complexity index is 1240. The summed E-state index contributed by atoms with van der Waals surface area (Å²) >= 11 is 6.55. The van der Waals surface area contributed by atoms with Crippen LogP contribution in [0.25, 0.3) is 0 Å². The quantitative estimate of drug-likeness (QED) is 0.451. The topological polar surface area (TPSA) is 108 Å². The largest absolute Gasteiger partial charge is 0.479 e. The molecule has 0 spiro atoms. The van der Waals surface area contributed by atoms with Crippen molar-refractivity contribution in [3.63, 3.8) is 0 Å². The molecule has 0 radical (unpaired) electrons. The first kappa shape index (κ1) is 23.9. The van der Waals surface area contributed by atoms with Crippen molar-refractivity contribution in [2.75, 3.05) is 31.9 Å². The van der Waals surface area contributed by atoms with Crippen LogP contribution in [0.2, 0.25) is 24.2 Å². The Morgan fingerprint density at radius 2 is 1.85 bits per heavy atom. The molecular formula is C23H27ClN4O5Si. The summed E-state index contributed by atoms with van der Waals surface area (Å²) in [6.45, 7) is 6.81. The molecular weight excluding hydrogens is 476 g/mol. The van der Waals surface area contributed by atoms with Gasteiger partial charge in [0.05, 0.1) is 27.3 Å². The van der Waals surface area contributed by atoms with Gasteiger partial charge < -0.3 is 29.3 Å². The molecule has 34 heavy (non-hydrogen) atoms. The molecule has 0 unspecified atom stereocenters. The predicted octanol–water partition coefficient (Wildman–Crippen LogP) is 4.61. The van der Waals surface area contributed by atoms with Crippen LogP contribution in [0, 0.1) is 6.92 Å². The first-order valence-electron chi connectivity index (χ1n) is 10.8. The second kappa shape index (κ2) is 9.19. The number of hydrogen-bond acceptors (Lipinski definition) is 8. The number of carbonyl (C=O) groups excluding carboxylic acids is 1. The first-order chi connectivity index (χ1) is 16.2. The summed E-state index contributed by atoms with van der Waals surface area (Å²) in [4.78, 5) is 21.3. The number of anilines is 2. The lowest BCUT2D eigenvalue weighted by atomic mass is 10.1. The van der Waals surface area contributed by atoms with Gasteiger partial charge >= 0.3 is 0 Å². The van der Waals surface area contributed by atoms with Crippen LogP contribution in [-0.2, 0) is 6.42 Å². The lowest BCUT2D eigenvalue weighted by Crippen LogP contribution is -2.39.